The SMILES string of the molecule is O=C(O)CCC1CCCN(CC2(O)CCCC2)C1. The maximum atomic E-state index is 10.6. The van der Waals surface area contributed by atoms with Crippen molar-refractivity contribution in [3.05, 3.63) is 0 Å². The molecule has 0 aromatic carbocycles. The number of carboxylic acid groups (broad SMARTS) is 1. The summed E-state index contributed by atoms with van der Waals surface area (Å²) in [6, 6.07) is 0. The van der Waals surface area contributed by atoms with Gasteiger partial charge in [0, 0.05) is 19.5 Å². The summed E-state index contributed by atoms with van der Waals surface area (Å²) in [7, 11) is 0. The van der Waals surface area contributed by atoms with Gasteiger partial charge in [-0.25, -0.2) is 0 Å². The van der Waals surface area contributed by atoms with E-state index in [-0.39, 0.29) is 6.42 Å². The van der Waals surface area contributed by atoms with E-state index in [1.54, 1.807) is 0 Å². The molecule has 104 valence electrons. The van der Waals surface area contributed by atoms with Crippen LogP contribution < -0.4 is 0 Å². The van der Waals surface area contributed by atoms with E-state index in [1.807, 2.05) is 0 Å². The van der Waals surface area contributed by atoms with Crippen molar-refractivity contribution in [3.8, 4) is 0 Å². The summed E-state index contributed by atoms with van der Waals surface area (Å²) in [6.45, 7) is 2.82. The molecule has 2 aliphatic rings. The van der Waals surface area contributed by atoms with Gasteiger partial charge in [-0.2, -0.15) is 0 Å². The highest BCUT2D eigenvalue weighted by Gasteiger charge is 2.34. The van der Waals surface area contributed by atoms with Crippen molar-refractivity contribution in [3.63, 3.8) is 0 Å². The maximum Gasteiger partial charge on any atom is 0.303 e. The summed E-state index contributed by atoms with van der Waals surface area (Å²) in [6.07, 6.45) is 7.50. The van der Waals surface area contributed by atoms with Crippen LogP contribution in [0.5, 0.6) is 0 Å². The number of hydrogen-bond acceptors (Lipinski definition) is 3. The van der Waals surface area contributed by atoms with Crippen LogP contribution >= 0.6 is 0 Å². The molecule has 2 N–H and O–H groups in total. The lowest BCUT2D eigenvalue weighted by atomic mass is 9.92. The van der Waals surface area contributed by atoms with Crippen molar-refractivity contribution >= 4 is 5.97 Å². The molecule has 1 atom stereocenters. The van der Waals surface area contributed by atoms with E-state index in [4.69, 9.17) is 5.11 Å². The third-order valence-electron chi connectivity index (χ3n) is 4.42. The van der Waals surface area contributed by atoms with Crippen molar-refractivity contribution in [2.45, 2.75) is 57.0 Å². The van der Waals surface area contributed by atoms with Crippen LogP contribution in [-0.4, -0.2) is 46.3 Å². The number of aliphatic hydroxyl groups is 1. The predicted octanol–water partition coefficient (Wildman–Crippen LogP) is 1.87. The van der Waals surface area contributed by atoms with Crippen LogP contribution in [0.2, 0.25) is 0 Å². The first-order valence-electron chi connectivity index (χ1n) is 7.24. The van der Waals surface area contributed by atoms with Gasteiger partial charge in [-0.3, -0.25) is 4.79 Å². The third kappa shape index (κ3) is 3.95. The predicted molar refractivity (Wildman–Crippen MR) is 69.5 cm³/mol. The Labute approximate surface area is 109 Å². The fourth-order valence-electron chi connectivity index (χ4n) is 3.47. The number of carboxylic acids is 1. The molecule has 2 rings (SSSR count). The number of nitrogens with zero attached hydrogens (tertiary/aromatic N) is 1. The summed E-state index contributed by atoms with van der Waals surface area (Å²) in [5.41, 5.74) is -0.464. The van der Waals surface area contributed by atoms with Crippen molar-refractivity contribution in [2.24, 2.45) is 5.92 Å². The van der Waals surface area contributed by atoms with Gasteiger partial charge in [0.1, 0.15) is 0 Å². The lowest BCUT2D eigenvalue weighted by Crippen LogP contribution is -2.45. The lowest BCUT2D eigenvalue weighted by Gasteiger charge is -2.37. The van der Waals surface area contributed by atoms with E-state index >= 15 is 0 Å². The van der Waals surface area contributed by atoms with E-state index in [1.165, 1.54) is 0 Å². The summed E-state index contributed by atoms with van der Waals surface area (Å²) >= 11 is 0. The molecule has 0 aromatic rings. The monoisotopic (exact) mass is 255 g/mol. The molecule has 0 spiro atoms. The Hall–Kier alpha value is -0.610. The standard InChI is InChI=1S/C14H25NO3/c16-13(17)6-5-12-4-3-9-15(10-12)11-14(18)7-1-2-8-14/h12,18H,1-11H2,(H,16,17). The quantitative estimate of drug-likeness (QED) is 0.787. The van der Waals surface area contributed by atoms with Gasteiger partial charge in [0.25, 0.3) is 0 Å². The van der Waals surface area contributed by atoms with Gasteiger partial charge in [0.2, 0.25) is 0 Å². The lowest BCUT2D eigenvalue weighted by molar-refractivity contribution is -0.137. The topological polar surface area (TPSA) is 60.8 Å². The molecule has 1 heterocycles. The number of β-amino-alcohol motifs (C(OH)–C–C–N with tert-alkyl or cyclic N) is 1. The summed E-state index contributed by atoms with van der Waals surface area (Å²) in [5.74, 6) is -0.193. The molecule has 0 bridgehead atoms. The molecular weight excluding hydrogens is 230 g/mol. The number of carbonyl (C=O) groups is 1. The van der Waals surface area contributed by atoms with Gasteiger partial charge in [-0.15, -0.1) is 0 Å². The van der Waals surface area contributed by atoms with Crippen LogP contribution in [0.4, 0.5) is 0 Å². The van der Waals surface area contributed by atoms with Gasteiger partial charge in [0.05, 0.1) is 5.60 Å². The van der Waals surface area contributed by atoms with E-state index in [0.717, 1.165) is 64.6 Å². The first-order valence-corrected chi connectivity index (χ1v) is 7.24. The maximum absolute atomic E-state index is 10.6. The smallest absolute Gasteiger partial charge is 0.303 e. The van der Waals surface area contributed by atoms with Gasteiger partial charge in [0.15, 0.2) is 0 Å². The highest BCUT2D eigenvalue weighted by molar-refractivity contribution is 5.66. The minimum atomic E-state index is -0.693. The number of aliphatic carboxylic acids is 1. The molecule has 0 amide bonds. The fraction of sp³-hybridized carbons (Fsp3) is 0.929. The minimum Gasteiger partial charge on any atom is -0.481 e. The second kappa shape index (κ2) is 6.02. The van der Waals surface area contributed by atoms with Gasteiger partial charge in [-0.05, 0) is 44.6 Å². The Morgan fingerprint density at radius 1 is 1.28 bits per heavy atom. The molecule has 4 nitrogen and oxygen atoms in total. The molecule has 1 unspecified atom stereocenters. The summed E-state index contributed by atoms with van der Waals surface area (Å²) in [5, 5.41) is 19.1. The largest absolute Gasteiger partial charge is 0.481 e. The Kier molecular flexibility index (Phi) is 4.62. The van der Waals surface area contributed by atoms with Crippen molar-refractivity contribution in [2.75, 3.05) is 19.6 Å². The molecular formula is C14H25NO3. The van der Waals surface area contributed by atoms with Crippen molar-refractivity contribution in [1.82, 2.24) is 4.90 Å². The summed E-state index contributed by atoms with van der Waals surface area (Å²) < 4.78 is 0. The second-order valence-corrected chi connectivity index (χ2v) is 6.11. The zero-order valence-corrected chi connectivity index (χ0v) is 11.1. The van der Waals surface area contributed by atoms with Gasteiger partial charge in [-0.1, -0.05) is 12.8 Å². The molecule has 0 aromatic heterocycles. The molecule has 1 aliphatic carbocycles. The third-order valence-corrected chi connectivity index (χ3v) is 4.42. The van der Waals surface area contributed by atoms with Gasteiger partial charge < -0.3 is 15.1 Å². The minimum absolute atomic E-state index is 0.281. The first-order chi connectivity index (χ1) is 8.57. The van der Waals surface area contributed by atoms with E-state index < -0.39 is 11.6 Å². The Balaban J connectivity index is 1.77. The number of piperidine rings is 1. The van der Waals surface area contributed by atoms with Gasteiger partial charge >= 0.3 is 5.97 Å². The number of rotatable bonds is 5. The van der Waals surface area contributed by atoms with Crippen molar-refractivity contribution < 1.29 is 15.0 Å². The zero-order chi connectivity index (χ0) is 13.0. The number of hydrogen-bond donors (Lipinski definition) is 2. The van der Waals surface area contributed by atoms with E-state index in [0.29, 0.717) is 5.92 Å². The van der Waals surface area contributed by atoms with Crippen LogP contribution in [-0.2, 0) is 4.79 Å². The second-order valence-electron chi connectivity index (χ2n) is 6.11. The molecule has 0 radical (unpaired) electrons. The fourth-order valence-corrected chi connectivity index (χ4v) is 3.47. The number of likely N-dealkylation sites (tertiary alicyclic amines) is 1. The summed E-state index contributed by atoms with van der Waals surface area (Å²) in [4.78, 5) is 12.9. The average Bonchev–Trinajstić information content (AvgIpc) is 2.73. The van der Waals surface area contributed by atoms with Crippen LogP contribution in [0, 0.1) is 5.92 Å². The molecule has 1 saturated carbocycles. The molecule has 18 heavy (non-hydrogen) atoms. The highest BCUT2D eigenvalue weighted by atomic mass is 16.4. The molecule has 1 saturated heterocycles. The first kappa shape index (κ1) is 13.8. The molecule has 4 heteroatoms. The molecule has 2 fully saturated rings. The van der Waals surface area contributed by atoms with Crippen LogP contribution in [0.3, 0.4) is 0 Å². The Bertz CT molecular complexity index is 287. The average molecular weight is 255 g/mol. The molecule has 1 aliphatic heterocycles. The van der Waals surface area contributed by atoms with E-state index in [9.17, 15) is 9.90 Å². The Morgan fingerprint density at radius 3 is 2.67 bits per heavy atom. The van der Waals surface area contributed by atoms with Crippen LogP contribution in [0.1, 0.15) is 51.4 Å². The normalized spacial score (nSPS) is 28.4. The van der Waals surface area contributed by atoms with Crippen LogP contribution in [0.15, 0.2) is 0 Å². The zero-order valence-electron chi connectivity index (χ0n) is 11.1. The highest BCUT2D eigenvalue weighted by Crippen LogP contribution is 2.31. The van der Waals surface area contributed by atoms with Crippen molar-refractivity contribution in [1.29, 1.82) is 0 Å². The van der Waals surface area contributed by atoms with Crippen LogP contribution in [0.25, 0.3) is 0 Å². The Morgan fingerprint density at radius 2 is 2.00 bits per heavy atom. The van der Waals surface area contributed by atoms with E-state index in [2.05, 4.69) is 4.90 Å².